The Balaban J connectivity index is 2.28. The predicted molar refractivity (Wildman–Crippen MR) is 85.1 cm³/mol. The maximum absolute atomic E-state index is 13.3. The molecule has 0 aliphatic carbocycles. The SMILES string of the molecule is CCNC(Cc1ccc(F)c(Cl)c1)c1ncccc1CC. The molecular weight excluding hydrogens is 287 g/mol. The molecule has 0 radical (unpaired) electrons. The van der Waals surface area contributed by atoms with Gasteiger partial charge >= 0.3 is 0 Å². The van der Waals surface area contributed by atoms with E-state index < -0.39 is 0 Å². The number of nitrogens with one attached hydrogen (secondary N) is 1. The van der Waals surface area contributed by atoms with Gasteiger partial charge in [0.25, 0.3) is 0 Å². The van der Waals surface area contributed by atoms with Crippen LogP contribution in [0.25, 0.3) is 0 Å². The molecule has 4 heteroatoms. The second-order valence-electron chi connectivity index (χ2n) is 4.96. The van der Waals surface area contributed by atoms with E-state index in [1.165, 1.54) is 11.6 Å². The zero-order valence-corrected chi connectivity index (χ0v) is 13.1. The molecule has 0 aliphatic heterocycles. The predicted octanol–water partition coefficient (Wildman–Crippen LogP) is 4.33. The van der Waals surface area contributed by atoms with Crippen LogP contribution < -0.4 is 5.32 Å². The molecule has 1 atom stereocenters. The number of benzene rings is 1. The van der Waals surface area contributed by atoms with Gasteiger partial charge in [-0.15, -0.1) is 0 Å². The lowest BCUT2D eigenvalue weighted by Crippen LogP contribution is -2.25. The van der Waals surface area contributed by atoms with Gasteiger partial charge in [0.2, 0.25) is 0 Å². The quantitative estimate of drug-likeness (QED) is 0.859. The van der Waals surface area contributed by atoms with Crippen molar-refractivity contribution < 1.29 is 4.39 Å². The fourth-order valence-corrected chi connectivity index (χ4v) is 2.68. The number of hydrogen-bond acceptors (Lipinski definition) is 2. The van der Waals surface area contributed by atoms with Gasteiger partial charge in [-0.05, 0) is 48.7 Å². The molecule has 0 fully saturated rings. The average molecular weight is 307 g/mol. The highest BCUT2D eigenvalue weighted by molar-refractivity contribution is 6.30. The zero-order chi connectivity index (χ0) is 15.2. The maximum Gasteiger partial charge on any atom is 0.141 e. The molecule has 0 bridgehead atoms. The number of pyridine rings is 1. The van der Waals surface area contributed by atoms with Crippen LogP contribution in [0.3, 0.4) is 0 Å². The van der Waals surface area contributed by atoms with E-state index in [9.17, 15) is 4.39 Å². The molecule has 1 aromatic carbocycles. The van der Waals surface area contributed by atoms with Crippen molar-refractivity contribution in [2.24, 2.45) is 0 Å². The van der Waals surface area contributed by atoms with E-state index in [2.05, 4.69) is 30.2 Å². The van der Waals surface area contributed by atoms with Crippen molar-refractivity contribution in [2.75, 3.05) is 6.54 Å². The Bertz CT molecular complexity index is 601. The Morgan fingerprint density at radius 1 is 1.29 bits per heavy atom. The van der Waals surface area contributed by atoms with E-state index >= 15 is 0 Å². The molecule has 2 nitrogen and oxygen atoms in total. The van der Waals surface area contributed by atoms with Gasteiger partial charge < -0.3 is 5.32 Å². The van der Waals surface area contributed by atoms with Gasteiger partial charge in [-0.2, -0.15) is 0 Å². The maximum atomic E-state index is 13.3. The Morgan fingerprint density at radius 2 is 2.10 bits per heavy atom. The van der Waals surface area contributed by atoms with E-state index in [1.807, 2.05) is 12.3 Å². The van der Waals surface area contributed by atoms with Crippen molar-refractivity contribution in [3.05, 3.63) is 64.2 Å². The molecule has 0 saturated carbocycles. The van der Waals surface area contributed by atoms with Crippen LogP contribution in [0.5, 0.6) is 0 Å². The topological polar surface area (TPSA) is 24.9 Å². The third-order valence-corrected chi connectivity index (χ3v) is 3.80. The summed E-state index contributed by atoms with van der Waals surface area (Å²) in [6, 6.07) is 9.05. The lowest BCUT2D eigenvalue weighted by atomic mass is 9.98. The highest BCUT2D eigenvalue weighted by Gasteiger charge is 2.16. The van der Waals surface area contributed by atoms with Crippen molar-refractivity contribution in [1.29, 1.82) is 0 Å². The third kappa shape index (κ3) is 4.02. The van der Waals surface area contributed by atoms with Gasteiger partial charge in [-0.25, -0.2) is 4.39 Å². The van der Waals surface area contributed by atoms with Gasteiger partial charge in [0.15, 0.2) is 0 Å². The van der Waals surface area contributed by atoms with Crippen LogP contribution in [0.15, 0.2) is 36.5 Å². The normalized spacial score (nSPS) is 12.4. The smallest absolute Gasteiger partial charge is 0.141 e. The number of hydrogen-bond donors (Lipinski definition) is 1. The first kappa shape index (κ1) is 15.9. The molecule has 1 unspecified atom stereocenters. The summed E-state index contributed by atoms with van der Waals surface area (Å²) in [5.41, 5.74) is 3.29. The Morgan fingerprint density at radius 3 is 2.76 bits per heavy atom. The second kappa shape index (κ2) is 7.53. The Kier molecular flexibility index (Phi) is 5.71. The molecular formula is C17H20ClFN2. The molecule has 1 N–H and O–H groups in total. The molecule has 1 heterocycles. The third-order valence-electron chi connectivity index (χ3n) is 3.51. The summed E-state index contributed by atoms with van der Waals surface area (Å²) in [7, 11) is 0. The minimum absolute atomic E-state index is 0.104. The van der Waals surface area contributed by atoms with Gasteiger partial charge in [0, 0.05) is 6.20 Å². The molecule has 2 aromatic rings. The van der Waals surface area contributed by atoms with Gasteiger partial charge in [-0.1, -0.05) is 37.6 Å². The molecule has 0 saturated heterocycles. The van der Waals surface area contributed by atoms with Crippen molar-refractivity contribution >= 4 is 11.6 Å². The lowest BCUT2D eigenvalue weighted by molar-refractivity contribution is 0.531. The van der Waals surface area contributed by atoms with E-state index in [-0.39, 0.29) is 16.9 Å². The van der Waals surface area contributed by atoms with E-state index in [0.717, 1.165) is 30.6 Å². The monoisotopic (exact) mass is 306 g/mol. The number of aryl methyl sites for hydroxylation is 1. The van der Waals surface area contributed by atoms with Crippen LogP contribution in [0.4, 0.5) is 4.39 Å². The van der Waals surface area contributed by atoms with Crippen LogP contribution in [0.2, 0.25) is 5.02 Å². The van der Waals surface area contributed by atoms with Crippen LogP contribution in [0.1, 0.15) is 36.7 Å². The Hall–Kier alpha value is -1.45. The molecule has 0 aliphatic rings. The molecule has 0 spiro atoms. The first-order chi connectivity index (χ1) is 10.2. The summed E-state index contributed by atoms with van der Waals surface area (Å²) in [5.74, 6) is -0.382. The summed E-state index contributed by atoms with van der Waals surface area (Å²) in [6.07, 6.45) is 3.49. The van der Waals surface area contributed by atoms with E-state index in [0.29, 0.717) is 0 Å². The number of aromatic nitrogens is 1. The second-order valence-corrected chi connectivity index (χ2v) is 5.37. The van der Waals surface area contributed by atoms with Crippen molar-refractivity contribution in [2.45, 2.75) is 32.7 Å². The van der Waals surface area contributed by atoms with Gasteiger partial charge in [0.1, 0.15) is 5.82 Å². The Labute approximate surface area is 130 Å². The van der Waals surface area contributed by atoms with Crippen LogP contribution in [-0.4, -0.2) is 11.5 Å². The summed E-state index contributed by atoms with van der Waals surface area (Å²) in [5, 5.41) is 3.62. The van der Waals surface area contributed by atoms with Crippen LogP contribution in [0, 0.1) is 5.82 Å². The number of likely N-dealkylation sites (N-methyl/N-ethyl adjacent to an activating group) is 1. The van der Waals surface area contributed by atoms with E-state index in [4.69, 9.17) is 11.6 Å². The lowest BCUT2D eigenvalue weighted by Gasteiger charge is -2.20. The number of nitrogens with zero attached hydrogens (tertiary/aromatic N) is 1. The fourth-order valence-electron chi connectivity index (χ4n) is 2.48. The minimum atomic E-state index is -0.382. The summed E-state index contributed by atoms with van der Waals surface area (Å²) >= 11 is 5.87. The summed E-state index contributed by atoms with van der Waals surface area (Å²) < 4.78 is 13.3. The summed E-state index contributed by atoms with van der Waals surface area (Å²) in [6.45, 7) is 5.04. The van der Waals surface area contributed by atoms with Gasteiger partial charge in [-0.3, -0.25) is 4.98 Å². The standard InChI is InChI=1S/C17H20ClFN2/c1-3-13-6-5-9-21-17(13)16(20-4-2)11-12-7-8-15(19)14(18)10-12/h5-10,16,20H,3-4,11H2,1-2H3. The molecule has 112 valence electrons. The first-order valence-corrected chi connectivity index (χ1v) is 7.64. The molecule has 0 amide bonds. The number of rotatable bonds is 6. The van der Waals surface area contributed by atoms with Crippen molar-refractivity contribution in [3.63, 3.8) is 0 Å². The highest BCUT2D eigenvalue weighted by atomic mass is 35.5. The molecule has 2 rings (SSSR count). The summed E-state index contributed by atoms with van der Waals surface area (Å²) in [4.78, 5) is 4.54. The largest absolute Gasteiger partial charge is 0.309 e. The molecule has 21 heavy (non-hydrogen) atoms. The number of halogens is 2. The van der Waals surface area contributed by atoms with Crippen LogP contribution in [-0.2, 0) is 12.8 Å². The van der Waals surface area contributed by atoms with Crippen LogP contribution >= 0.6 is 11.6 Å². The fraction of sp³-hybridized carbons (Fsp3) is 0.353. The minimum Gasteiger partial charge on any atom is -0.309 e. The van der Waals surface area contributed by atoms with Crippen molar-refractivity contribution in [1.82, 2.24) is 10.3 Å². The highest BCUT2D eigenvalue weighted by Crippen LogP contribution is 2.23. The van der Waals surface area contributed by atoms with E-state index in [1.54, 1.807) is 12.1 Å². The first-order valence-electron chi connectivity index (χ1n) is 7.26. The average Bonchev–Trinajstić information content (AvgIpc) is 2.50. The zero-order valence-electron chi connectivity index (χ0n) is 12.4. The van der Waals surface area contributed by atoms with Gasteiger partial charge in [0.05, 0.1) is 16.8 Å². The van der Waals surface area contributed by atoms with Crippen molar-refractivity contribution in [3.8, 4) is 0 Å². The molecule has 1 aromatic heterocycles.